The molecular weight excluding hydrogens is 250 g/mol. The molecule has 0 spiro atoms. The summed E-state index contributed by atoms with van der Waals surface area (Å²) < 4.78 is 5.54. The Morgan fingerprint density at radius 2 is 2.05 bits per heavy atom. The van der Waals surface area contributed by atoms with Crippen LogP contribution < -0.4 is 5.32 Å². The quantitative estimate of drug-likeness (QED) is 0.840. The Labute approximate surface area is 122 Å². The van der Waals surface area contributed by atoms with Gasteiger partial charge in [0.25, 0.3) is 0 Å². The Balaban J connectivity index is 2.02. The van der Waals surface area contributed by atoms with Crippen LogP contribution in [0.4, 0.5) is 0 Å². The average Bonchev–Trinajstić information content (AvgIpc) is 2.39. The molecule has 1 aliphatic heterocycles. The van der Waals surface area contributed by atoms with Crippen LogP contribution >= 0.6 is 0 Å². The van der Waals surface area contributed by atoms with E-state index >= 15 is 0 Å². The Morgan fingerprint density at radius 3 is 2.70 bits per heavy atom. The molecule has 2 rings (SSSR count). The first-order valence-corrected chi connectivity index (χ1v) is 7.66. The Bertz CT molecular complexity index is 411. The summed E-state index contributed by atoms with van der Waals surface area (Å²) in [7, 11) is 0. The second-order valence-corrected chi connectivity index (χ2v) is 6.48. The molecule has 112 valence electrons. The fourth-order valence-corrected chi connectivity index (χ4v) is 2.95. The van der Waals surface area contributed by atoms with Gasteiger partial charge in [0.1, 0.15) is 5.75 Å². The van der Waals surface area contributed by atoms with Crippen molar-refractivity contribution in [3.8, 4) is 5.75 Å². The molecule has 0 radical (unpaired) electrons. The number of rotatable bonds is 6. The lowest BCUT2D eigenvalue weighted by Crippen LogP contribution is -2.41. The van der Waals surface area contributed by atoms with Crippen LogP contribution in [0.15, 0.2) is 24.3 Å². The fraction of sp³-hybridized carbons (Fsp3) is 0.647. The highest BCUT2D eigenvalue weighted by atomic mass is 16.5. The van der Waals surface area contributed by atoms with Crippen molar-refractivity contribution >= 4 is 0 Å². The molecule has 1 aromatic rings. The van der Waals surface area contributed by atoms with Crippen molar-refractivity contribution in [3.05, 3.63) is 29.8 Å². The average molecular weight is 277 g/mol. The van der Waals surface area contributed by atoms with Crippen molar-refractivity contribution in [2.24, 2.45) is 11.3 Å². The predicted octanol–water partition coefficient (Wildman–Crippen LogP) is 2.98. The molecule has 3 heteroatoms. The highest BCUT2D eigenvalue weighted by Gasteiger charge is 2.32. The van der Waals surface area contributed by atoms with Crippen molar-refractivity contribution < 1.29 is 9.84 Å². The Hall–Kier alpha value is -1.06. The van der Waals surface area contributed by atoms with Gasteiger partial charge in [-0.05, 0) is 54.8 Å². The summed E-state index contributed by atoms with van der Waals surface area (Å²) in [5, 5.41) is 13.2. The third-order valence-electron chi connectivity index (χ3n) is 4.10. The Kier molecular flexibility index (Phi) is 5.44. The van der Waals surface area contributed by atoms with Crippen LogP contribution in [0, 0.1) is 11.3 Å². The van der Waals surface area contributed by atoms with Gasteiger partial charge >= 0.3 is 0 Å². The summed E-state index contributed by atoms with van der Waals surface area (Å²) in [5.41, 5.74) is 1.49. The normalized spacial score (nSPS) is 18.4. The minimum Gasteiger partial charge on any atom is -0.508 e. The van der Waals surface area contributed by atoms with Gasteiger partial charge in [0, 0.05) is 19.8 Å². The third kappa shape index (κ3) is 4.50. The van der Waals surface area contributed by atoms with Crippen LogP contribution in [0.5, 0.6) is 5.75 Å². The van der Waals surface area contributed by atoms with E-state index in [1.165, 1.54) is 5.56 Å². The summed E-state index contributed by atoms with van der Waals surface area (Å²) in [6.07, 6.45) is 3.19. The van der Waals surface area contributed by atoms with E-state index in [0.717, 1.165) is 45.6 Å². The number of ether oxygens (including phenoxy) is 1. The zero-order valence-corrected chi connectivity index (χ0v) is 12.7. The van der Waals surface area contributed by atoms with Crippen LogP contribution in [0.25, 0.3) is 0 Å². The molecular formula is C17H27NO2. The molecule has 0 bridgehead atoms. The molecule has 0 amide bonds. The molecule has 0 aromatic heterocycles. The van der Waals surface area contributed by atoms with E-state index in [4.69, 9.17) is 4.74 Å². The van der Waals surface area contributed by atoms with Crippen molar-refractivity contribution in [2.45, 2.75) is 33.1 Å². The van der Waals surface area contributed by atoms with Crippen molar-refractivity contribution in [1.29, 1.82) is 0 Å². The molecule has 20 heavy (non-hydrogen) atoms. The zero-order valence-electron chi connectivity index (χ0n) is 12.7. The number of benzene rings is 1. The van der Waals surface area contributed by atoms with Gasteiger partial charge in [-0.15, -0.1) is 0 Å². The summed E-state index contributed by atoms with van der Waals surface area (Å²) in [5.74, 6) is 1.03. The van der Waals surface area contributed by atoms with Gasteiger partial charge in [-0.1, -0.05) is 26.0 Å². The third-order valence-corrected chi connectivity index (χ3v) is 4.10. The fourth-order valence-electron chi connectivity index (χ4n) is 2.95. The van der Waals surface area contributed by atoms with Crippen molar-refractivity contribution in [1.82, 2.24) is 5.32 Å². The Morgan fingerprint density at radius 1 is 1.30 bits per heavy atom. The predicted molar refractivity (Wildman–Crippen MR) is 82.0 cm³/mol. The molecule has 2 N–H and O–H groups in total. The summed E-state index contributed by atoms with van der Waals surface area (Å²) in [6, 6.07) is 7.66. The number of hydrogen-bond donors (Lipinski definition) is 2. The molecule has 1 aromatic carbocycles. The molecule has 1 aliphatic rings. The van der Waals surface area contributed by atoms with E-state index in [1.807, 2.05) is 12.1 Å². The van der Waals surface area contributed by atoms with E-state index in [2.05, 4.69) is 25.2 Å². The molecule has 3 nitrogen and oxygen atoms in total. The summed E-state index contributed by atoms with van der Waals surface area (Å²) >= 11 is 0. The minimum atomic E-state index is 0.265. The second kappa shape index (κ2) is 7.09. The summed E-state index contributed by atoms with van der Waals surface area (Å²) in [6.45, 7) is 8.26. The van der Waals surface area contributed by atoms with Gasteiger partial charge in [0.15, 0.2) is 0 Å². The van der Waals surface area contributed by atoms with E-state index < -0.39 is 0 Å². The lowest BCUT2D eigenvalue weighted by Gasteiger charge is -2.38. The van der Waals surface area contributed by atoms with Crippen molar-refractivity contribution in [3.63, 3.8) is 0 Å². The van der Waals surface area contributed by atoms with Gasteiger partial charge in [-0.25, -0.2) is 0 Å². The lowest BCUT2D eigenvalue weighted by molar-refractivity contribution is 0.0147. The van der Waals surface area contributed by atoms with Crippen LogP contribution in [0.1, 0.15) is 32.3 Å². The first kappa shape index (κ1) is 15.3. The number of nitrogens with one attached hydrogen (secondary N) is 1. The van der Waals surface area contributed by atoms with Gasteiger partial charge in [0.05, 0.1) is 0 Å². The molecule has 1 saturated heterocycles. The highest BCUT2D eigenvalue weighted by Crippen LogP contribution is 2.34. The largest absolute Gasteiger partial charge is 0.508 e. The molecule has 0 atom stereocenters. The van der Waals surface area contributed by atoms with E-state index in [1.54, 1.807) is 6.07 Å². The SMILES string of the molecule is CC(C)CNCC1(Cc2cccc(O)c2)CCOCC1. The van der Waals surface area contributed by atoms with Gasteiger partial charge < -0.3 is 15.2 Å². The first-order valence-electron chi connectivity index (χ1n) is 7.66. The van der Waals surface area contributed by atoms with Crippen LogP contribution in [-0.4, -0.2) is 31.4 Å². The molecule has 0 aliphatic carbocycles. The van der Waals surface area contributed by atoms with Crippen LogP contribution in [0.2, 0.25) is 0 Å². The van der Waals surface area contributed by atoms with Gasteiger partial charge in [-0.3, -0.25) is 0 Å². The number of phenolic OH excluding ortho intramolecular Hbond substituents is 1. The standard InChI is InChI=1S/C17H27NO2/c1-14(2)12-18-13-17(6-8-20-9-7-17)11-15-4-3-5-16(19)10-15/h3-5,10,14,18-19H,6-9,11-13H2,1-2H3. The highest BCUT2D eigenvalue weighted by molar-refractivity contribution is 5.28. The number of hydrogen-bond acceptors (Lipinski definition) is 3. The summed E-state index contributed by atoms with van der Waals surface area (Å²) in [4.78, 5) is 0. The van der Waals surface area contributed by atoms with E-state index in [9.17, 15) is 5.11 Å². The number of aromatic hydroxyl groups is 1. The molecule has 0 saturated carbocycles. The second-order valence-electron chi connectivity index (χ2n) is 6.48. The van der Waals surface area contributed by atoms with Crippen molar-refractivity contribution in [2.75, 3.05) is 26.3 Å². The smallest absolute Gasteiger partial charge is 0.115 e. The van der Waals surface area contributed by atoms with E-state index in [-0.39, 0.29) is 5.41 Å². The maximum atomic E-state index is 9.64. The van der Waals surface area contributed by atoms with Crippen LogP contribution in [-0.2, 0) is 11.2 Å². The topological polar surface area (TPSA) is 41.5 Å². The maximum absolute atomic E-state index is 9.64. The number of phenols is 1. The lowest BCUT2D eigenvalue weighted by atomic mass is 9.75. The van der Waals surface area contributed by atoms with E-state index in [0.29, 0.717) is 11.7 Å². The minimum absolute atomic E-state index is 0.265. The zero-order chi connectivity index (χ0) is 14.4. The monoisotopic (exact) mass is 277 g/mol. The van der Waals surface area contributed by atoms with Crippen LogP contribution in [0.3, 0.4) is 0 Å². The molecule has 0 unspecified atom stereocenters. The van der Waals surface area contributed by atoms with Gasteiger partial charge in [0.2, 0.25) is 0 Å². The molecule has 1 heterocycles. The maximum Gasteiger partial charge on any atom is 0.115 e. The van der Waals surface area contributed by atoms with Gasteiger partial charge in [-0.2, -0.15) is 0 Å². The first-order chi connectivity index (χ1) is 9.60. The molecule has 1 fully saturated rings.